The molecular formula is C26H26O. The molecule has 3 aromatic carbocycles. The largest absolute Gasteiger partial charge is 0.289 e. The zero-order valence-electron chi connectivity index (χ0n) is 16.3. The van der Waals surface area contributed by atoms with Crippen LogP contribution in [0, 0.1) is 12.8 Å². The Labute approximate surface area is 162 Å². The van der Waals surface area contributed by atoms with Crippen LogP contribution in [0.2, 0.25) is 0 Å². The molecule has 1 unspecified atom stereocenters. The van der Waals surface area contributed by atoms with Gasteiger partial charge in [0, 0.05) is 11.1 Å². The number of carbonyl (C=O) groups is 1. The first-order chi connectivity index (χ1) is 13.1. The fourth-order valence-electron chi connectivity index (χ4n) is 3.05. The predicted octanol–water partition coefficient (Wildman–Crippen LogP) is 6.70. The van der Waals surface area contributed by atoms with E-state index in [9.17, 15) is 4.79 Å². The van der Waals surface area contributed by atoms with Gasteiger partial charge in [-0.15, -0.1) is 0 Å². The first-order valence-corrected chi connectivity index (χ1v) is 9.57. The van der Waals surface area contributed by atoms with Crippen molar-refractivity contribution in [3.05, 3.63) is 113 Å². The number of rotatable bonds is 6. The molecule has 0 heterocycles. The Hall–Kier alpha value is -2.93. The minimum Gasteiger partial charge on any atom is -0.289 e. The third-order valence-corrected chi connectivity index (χ3v) is 4.95. The highest BCUT2D eigenvalue weighted by Crippen LogP contribution is 2.27. The summed E-state index contributed by atoms with van der Waals surface area (Å²) in [6.07, 6.45) is 3.43. The number of aryl methyl sites for hydroxylation is 1. The molecule has 1 heteroatoms. The van der Waals surface area contributed by atoms with Crippen molar-refractivity contribution in [2.45, 2.75) is 27.2 Å². The summed E-state index contributed by atoms with van der Waals surface area (Å²) < 4.78 is 0. The molecule has 0 saturated carbocycles. The van der Waals surface area contributed by atoms with Gasteiger partial charge in [-0.25, -0.2) is 0 Å². The monoisotopic (exact) mass is 354 g/mol. The smallest absolute Gasteiger partial charge is 0.193 e. The van der Waals surface area contributed by atoms with Crippen LogP contribution in [0.4, 0.5) is 0 Å². The summed E-state index contributed by atoms with van der Waals surface area (Å²) in [6.45, 7) is 6.54. The molecule has 0 aliphatic heterocycles. The minimum atomic E-state index is 0.0601. The lowest BCUT2D eigenvalue weighted by Crippen LogP contribution is -2.01. The van der Waals surface area contributed by atoms with Crippen molar-refractivity contribution in [1.29, 1.82) is 0 Å². The number of hydrogen-bond acceptors (Lipinski definition) is 1. The van der Waals surface area contributed by atoms with Crippen molar-refractivity contribution < 1.29 is 4.79 Å². The highest BCUT2D eigenvalue weighted by molar-refractivity contribution is 6.09. The van der Waals surface area contributed by atoms with Gasteiger partial charge in [0.15, 0.2) is 5.78 Å². The van der Waals surface area contributed by atoms with E-state index in [4.69, 9.17) is 0 Å². The van der Waals surface area contributed by atoms with Crippen molar-refractivity contribution in [2.24, 2.45) is 5.92 Å². The molecule has 0 amide bonds. The lowest BCUT2D eigenvalue weighted by atomic mass is 9.92. The van der Waals surface area contributed by atoms with E-state index in [-0.39, 0.29) is 5.78 Å². The molecule has 1 atom stereocenters. The molecule has 3 aromatic rings. The molecule has 0 aromatic heterocycles. The van der Waals surface area contributed by atoms with E-state index in [0.717, 1.165) is 23.1 Å². The summed E-state index contributed by atoms with van der Waals surface area (Å²) in [5.74, 6) is 0.553. The topological polar surface area (TPSA) is 17.1 Å². The maximum Gasteiger partial charge on any atom is 0.193 e. The number of ketones is 1. The predicted molar refractivity (Wildman–Crippen MR) is 114 cm³/mol. The molecule has 1 nitrogen and oxygen atoms in total. The lowest BCUT2D eigenvalue weighted by molar-refractivity contribution is 0.103. The Bertz CT molecular complexity index is 916. The normalized spacial score (nSPS) is 12.6. The Kier molecular flexibility index (Phi) is 6.03. The number of benzene rings is 3. The third-order valence-electron chi connectivity index (χ3n) is 4.95. The number of allylic oxidation sites excluding steroid dienone is 1. The van der Waals surface area contributed by atoms with Crippen LogP contribution in [0.5, 0.6) is 0 Å². The average molecular weight is 354 g/mol. The summed E-state index contributed by atoms with van der Waals surface area (Å²) in [7, 11) is 0. The van der Waals surface area contributed by atoms with Gasteiger partial charge in [0.25, 0.3) is 0 Å². The molecule has 0 saturated heterocycles. The molecular weight excluding hydrogens is 328 g/mol. The molecule has 3 rings (SSSR count). The second-order valence-electron chi connectivity index (χ2n) is 7.10. The Balaban J connectivity index is 1.95. The van der Waals surface area contributed by atoms with Crippen LogP contribution in [0.25, 0.3) is 5.57 Å². The van der Waals surface area contributed by atoms with E-state index < -0.39 is 0 Å². The van der Waals surface area contributed by atoms with Gasteiger partial charge in [-0.1, -0.05) is 111 Å². The first kappa shape index (κ1) is 18.8. The second-order valence-corrected chi connectivity index (χ2v) is 7.10. The fourth-order valence-corrected chi connectivity index (χ4v) is 3.05. The van der Waals surface area contributed by atoms with Gasteiger partial charge in [0.1, 0.15) is 0 Å². The molecule has 0 radical (unpaired) electrons. The second kappa shape index (κ2) is 8.64. The van der Waals surface area contributed by atoms with Gasteiger partial charge in [0.05, 0.1) is 0 Å². The van der Waals surface area contributed by atoms with Gasteiger partial charge in [-0.2, -0.15) is 0 Å². The van der Waals surface area contributed by atoms with Gasteiger partial charge in [0.2, 0.25) is 0 Å². The van der Waals surface area contributed by atoms with Crippen molar-refractivity contribution >= 4 is 11.4 Å². The van der Waals surface area contributed by atoms with Crippen LogP contribution in [0.15, 0.2) is 84.9 Å². The van der Waals surface area contributed by atoms with Crippen LogP contribution in [-0.4, -0.2) is 5.78 Å². The minimum absolute atomic E-state index is 0.0601. The number of carbonyl (C=O) groups excluding carboxylic acids is 1. The highest BCUT2D eigenvalue weighted by Gasteiger charge is 2.11. The number of hydrogen-bond donors (Lipinski definition) is 0. The quantitative estimate of drug-likeness (QED) is 0.450. The molecule has 27 heavy (non-hydrogen) atoms. The van der Waals surface area contributed by atoms with Crippen LogP contribution in [-0.2, 0) is 0 Å². The molecule has 0 bridgehead atoms. The van der Waals surface area contributed by atoms with E-state index in [1.54, 1.807) is 0 Å². The van der Waals surface area contributed by atoms with E-state index in [2.05, 4.69) is 63.2 Å². The van der Waals surface area contributed by atoms with Crippen molar-refractivity contribution in [2.75, 3.05) is 0 Å². The standard InChI is InChI=1S/C26H26O/c1-4-19(2)18-25(21-12-10-20(3)11-13-21)22-14-16-24(17-15-22)26(27)23-8-6-5-7-9-23/h5-19H,4H2,1-3H3/b25-18-. The molecule has 136 valence electrons. The van der Waals surface area contributed by atoms with Crippen molar-refractivity contribution in [1.82, 2.24) is 0 Å². The maximum atomic E-state index is 12.6. The summed E-state index contributed by atoms with van der Waals surface area (Å²) in [6, 6.07) is 26.1. The molecule has 0 aliphatic carbocycles. The summed E-state index contributed by atoms with van der Waals surface area (Å²) >= 11 is 0. The first-order valence-electron chi connectivity index (χ1n) is 9.57. The zero-order valence-corrected chi connectivity index (χ0v) is 16.3. The van der Waals surface area contributed by atoms with Crippen molar-refractivity contribution in [3.63, 3.8) is 0 Å². The molecule has 0 N–H and O–H groups in total. The third kappa shape index (κ3) is 4.62. The van der Waals surface area contributed by atoms with E-state index in [1.807, 2.05) is 42.5 Å². The summed E-state index contributed by atoms with van der Waals surface area (Å²) in [5.41, 5.74) is 6.27. The van der Waals surface area contributed by atoms with Crippen LogP contribution < -0.4 is 0 Å². The Morgan fingerprint density at radius 3 is 1.81 bits per heavy atom. The fraction of sp³-hybridized carbons (Fsp3) is 0.192. The van der Waals surface area contributed by atoms with E-state index in [1.165, 1.54) is 16.7 Å². The summed E-state index contributed by atoms with van der Waals surface area (Å²) in [5, 5.41) is 0. The van der Waals surface area contributed by atoms with Crippen LogP contribution >= 0.6 is 0 Å². The average Bonchev–Trinajstić information content (AvgIpc) is 2.73. The van der Waals surface area contributed by atoms with Crippen LogP contribution in [0.1, 0.15) is 52.9 Å². The maximum absolute atomic E-state index is 12.6. The van der Waals surface area contributed by atoms with Crippen LogP contribution in [0.3, 0.4) is 0 Å². The SMILES string of the molecule is CCC(C)/C=C(/c1ccc(C)cc1)c1ccc(C(=O)c2ccccc2)cc1. The van der Waals surface area contributed by atoms with Gasteiger partial charge in [-0.3, -0.25) is 4.79 Å². The lowest BCUT2D eigenvalue weighted by Gasteiger charge is -2.13. The highest BCUT2D eigenvalue weighted by atomic mass is 16.1. The Morgan fingerprint density at radius 1 is 0.778 bits per heavy atom. The molecule has 0 spiro atoms. The zero-order chi connectivity index (χ0) is 19.2. The Morgan fingerprint density at radius 2 is 1.26 bits per heavy atom. The molecule has 0 aliphatic rings. The van der Waals surface area contributed by atoms with E-state index >= 15 is 0 Å². The molecule has 0 fully saturated rings. The van der Waals surface area contributed by atoms with E-state index in [0.29, 0.717) is 5.92 Å². The summed E-state index contributed by atoms with van der Waals surface area (Å²) in [4.78, 5) is 12.6. The van der Waals surface area contributed by atoms with Gasteiger partial charge < -0.3 is 0 Å². The van der Waals surface area contributed by atoms with Crippen molar-refractivity contribution in [3.8, 4) is 0 Å². The van der Waals surface area contributed by atoms with Gasteiger partial charge in [-0.05, 0) is 29.5 Å². The van der Waals surface area contributed by atoms with Gasteiger partial charge >= 0.3 is 0 Å².